The number of rotatable bonds is 9. The monoisotopic (exact) mass is 401 g/mol. The normalized spacial score (nSPS) is 26.8. The van der Waals surface area contributed by atoms with Crippen LogP contribution in [-0.4, -0.2) is 42.5 Å². The number of hydrogen-bond acceptors (Lipinski definition) is 3. The molecular formula is C24H32ClNO2. The second kappa shape index (κ2) is 9.87. The molecule has 1 aromatic rings. The molecule has 2 aliphatic carbocycles. The molecule has 0 aromatic heterocycles. The van der Waals surface area contributed by atoms with Crippen molar-refractivity contribution in [3.63, 3.8) is 0 Å². The predicted molar refractivity (Wildman–Crippen MR) is 116 cm³/mol. The van der Waals surface area contributed by atoms with Gasteiger partial charge in [0.15, 0.2) is 5.78 Å². The van der Waals surface area contributed by atoms with E-state index in [-0.39, 0.29) is 17.6 Å². The lowest BCUT2D eigenvalue weighted by Crippen LogP contribution is -2.27. The van der Waals surface area contributed by atoms with E-state index in [2.05, 4.69) is 25.1 Å². The molecule has 4 heteroatoms. The summed E-state index contributed by atoms with van der Waals surface area (Å²) in [5.74, 6) is 0.395. The second-order valence-corrected chi connectivity index (χ2v) is 9.03. The number of halogens is 1. The van der Waals surface area contributed by atoms with Crippen LogP contribution in [0.2, 0.25) is 5.02 Å². The van der Waals surface area contributed by atoms with Crippen LogP contribution in [0.25, 0.3) is 6.08 Å². The van der Waals surface area contributed by atoms with E-state index in [0.717, 1.165) is 31.4 Å². The van der Waals surface area contributed by atoms with Gasteiger partial charge in [0.25, 0.3) is 0 Å². The van der Waals surface area contributed by atoms with Crippen LogP contribution in [0.3, 0.4) is 0 Å². The first-order chi connectivity index (χ1) is 13.4. The van der Waals surface area contributed by atoms with Crippen LogP contribution < -0.4 is 0 Å². The number of allylic oxidation sites excluding steroid dienone is 3. The number of aliphatic hydroxyl groups is 1. The van der Waals surface area contributed by atoms with Gasteiger partial charge >= 0.3 is 0 Å². The van der Waals surface area contributed by atoms with Crippen molar-refractivity contribution in [1.82, 2.24) is 4.90 Å². The predicted octanol–water partition coefficient (Wildman–Crippen LogP) is 4.99. The maximum absolute atomic E-state index is 12.8. The number of unbranched alkanes of at least 4 members (excludes halogenated alkanes) is 2. The highest BCUT2D eigenvalue weighted by atomic mass is 35.5. The molecule has 28 heavy (non-hydrogen) atoms. The smallest absolute Gasteiger partial charge is 0.161 e. The quantitative estimate of drug-likeness (QED) is 0.360. The molecule has 0 heterocycles. The standard InChI is InChI=1S/C24H32ClNO2/c1-26(2)12-5-3-4-7-18-13-19-16-23(28)24(21(19)15-18)22(27)11-10-17-8-6-9-20(25)14-17/h6,8-11,13-14,19,21,23-24,28H,3-5,7,12,15-16H2,1-2H3/t19-,21?,23+,24-/m0/s1. The summed E-state index contributed by atoms with van der Waals surface area (Å²) in [5.41, 5.74) is 2.40. The Labute approximate surface area is 174 Å². The van der Waals surface area contributed by atoms with Gasteiger partial charge < -0.3 is 10.0 Å². The molecule has 0 aliphatic heterocycles. The molecule has 1 aromatic carbocycles. The molecule has 1 unspecified atom stereocenters. The van der Waals surface area contributed by atoms with Gasteiger partial charge in [-0.05, 0) is 88.4 Å². The van der Waals surface area contributed by atoms with Gasteiger partial charge in [0, 0.05) is 5.02 Å². The zero-order valence-electron chi connectivity index (χ0n) is 17.0. The van der Waals surface area contributed by atoms with E-state index >= 15 is 0 Å². The third kappa shape index (κ3) is 5.56. The molecule has 0 bridgehead atoms. The Bertz CT molecular complexity index is 740. The van der Waals surface area contributed by atoms with E-state index in [1.807, 2.05) is 30.3 Å². The summed E-state index contributed by atoms with van der Waals surface area (Å²) in [5, 5.41) is 11.1. The van der Waals surface area contributed by atoms with E-state index < -0.39 is 6.10 Å². The van der Waals surface area contributed by atoms with Crippen LogP contribution in [0.1, 0.15) is 44.1 Å². The Morgan fingerprint density at radius 2 is 2.11 bits per heavy atom. The molecule has 3 nitrogen and oxygen atoms in total. The molecule has 0 radical (unpaired) electrons. The van der Waals surface area contributed by atoms with Crippen molar-refractivity contribution in [3.05, 3.63) is 52.6 Å². The lowest BCUT2D eigenvalue weighted by atomic mass is 9.86. The topological polar surface area (TPSA) is 40.5 Å². The van der Waals surface area contributed by atoms with Gasteiger partial charge in [0.05, 0.1) is 12.0 Å². The van der Waals surface area contributed by atoms with Crippen LogP contribution in [0, 0.1) is 17.8 Å². The van der Waals surface area contributed by atoms with Crippen LogP contribution >= 0.6 is 11.6 Å². The molecule has 1 N–H and O–H groups in total. The number of carbonyl (C=O) groups is 1. The third-order valence-electron chi connectivity index (χ3n) is 6.11. The molecule has 152 valence electrons. The van der Waals surface area contributed by atoms with Crippen molar-refractivity contribution >= 4 is 23.5 Å². The van der Waals surface area contributed by atoms with Crippen molar-refractivity contribution in [3.8, 4) is 0 Å². The SMILES string of the molecule is CN(C)CCCCCC1=C[C@H]2C[C@@H](O)[C@H](C(=O)C=Cc3cccc(Cl)c3)C2C1. The minimum absolute atomic E-state index is 0.0422. The molecule has 4 atom stereocenters. The molecule has 2 aliphatic rings. The Morgan fingerprint density at radius 3 is 2.86 bits per heavy atom. The first-order valence-corrected chi connectivity index (χ1v) is 10.8. The summed E-state index contributed by atoms with van der Waals surface area (Å²) in [4.78, 5) is 15.0. The molecule has 3 rings (SSSR count). The highest BCUT2D eigenvalue weighted by Gasteiger charge is 2.47. The maximum Gasteiger partial charge on any atom is 0.161 e. The Kier molecular flexibility index (Phi) is 7.50. The minimum Gasteiger partial charge on any atom is -0.392 e. The zero-order valence-corrected chi connectivity index (χ0v) is 17.7. The molecular weight excluding hydrogens is 370 g/mol. The summed E-state index contributed by atoms with van der Waals surface area (Å²) < 4.78 is 0. The number of nitrogens with zero attached hydrogens (tertiary/aromatic N) is 1. The number of aliphatic hydroxyl groups excluding tert-OH is 1. The summed E-state index contributed by atoms with van der Waals surface area (Å²) in [6.07, 6.45) is 11.8. The number of ketones is 1. The highest BCUT2D eigenvalue weighted by molar-refractivity contribution is 6.30. The molecule has 0 spiro atoms. The van der Waals surface area contributed by atoms with Gasteiger partial charge in [0.2, 0.25) is 0 Å². The van der Waals surface area contributed by atoms with Crippen molar-refractivity contribution in [2.45, 2.75) is 44.6 Å². The first kappa shape index (κ1) is 21.3. The Balaban J connectivity index is 1.53. The van der Waals surface area contributed by atoms with Gasteiger partial charge in [-0.3, -0.25) is 4.79 Å². The van der Waals surface area contributed by atoms with Crippen LogP contribution in [-0.2, 0) is 4.79 Å². The van der Waals surface area contributed by atoms with Crippen molar-refractivity contribution < 1.29 is 9.90 Å². The van der Waals surface area contributed by atoms with E-state index in [0.29, 0.717) is 10.9 Å². The van der Waals surface area contributed by atoms with Crippen molar-refractivity contribution in [2.75, 3.05) is 20.6 Å². The van der Waals surface area contributed by atoms with Gasteiger partial charge in [-0.1, -0.05) is 47.9 Å². The van der Waals surface area contributed by atoms with Crippen LogP contribution in [0.5, 0.6) is 0 Å². The third-order valence-corrected chi connectivity index (χ3v) is 6.34. The summed E-state index contributed by atoms with van der Waals surface area (Å²) in [6, 6.07) is 7.46. The van der Waals surface area contributed by atoms with Gasteiger partial charge in [-0.25, -0.2) is 0 Å². The fourth-order valence-electron chi connectivity index (χ4n) is 4.74. The summed E-state index contributed by atoms with van der Waals surface area (Å²) in [7, 11) is 4.23. The number of hydrogen-bond donors (Lipinski definition) is 1. The maximum atomic E-state index is 12.8. The van der Waals surface area contributed by atoms with Gasteiger partial charge in [0.1, 0.15) is 0 Å². The number of benzene rings is 1. The van der Waals surface area contributed by atoms with Gasteiger partial charge in [-0.2, -0.15) is 0 Å². The van der Waals surface area contributed by atoms with Gasteiger partial charge in [-0.15, -0.1) is 0 Å². The average Bonchev–Trinajstić information content (AvgIpc) is 3.15. The summed E-state index contributed by atoms with van der Waals surface area (Å²) >= 11 is 6.01. The fourth-order valence-corrected chi connectivity index (χ4v) is 4.94. The van der Waals surface area contributed by atoms with E-state index in [9.17, 15) is 9.90 Å². The Hall–Kier alpha value is -1.42. The van der Waals surface area contributed by atoms with Crippen molar-refractivity contribution in [1.29, 1.82) is 0 Å². The molecule has 0 saturated heterocycles. The molecule has 1 saturated carbocycles. The van der Waals surface area contributed by atoms with Crippen LogP contribution in [0.4, 0.5) is 0 Å². The number of fused-ring (bicyclic) bond motifs is 1. The summed E-state index contributed by atoms with van der Waals surface area (Å²) in [6.45, 7) is 1.14. The van der Waals surface area contributed by atoms with Crippen molar-refractivity contribution in [2.24, 2.45) is 17.8 Å². The Morgan fingerprint density at radius 1 is 1.29 bits per heavy atom. The zero-order chi connectivity index (χ0) is 20.1. The largest absolute Gasteiger partial charge is 0.392 e. The van der Waals surface area contributed by atoms with E-state index in [1.165, 1.54) is 24.8 Å². The van der Waals surface area contributed by atoms with E-state index in [1.54, 1.807) is 6.08 Å². The molecule has 0 amide bonds. The highest BCUT2D eigenvalue weighted by Crippen LogP contribution is 2.48. The molecule has 1 fully saturated rings. The second-order valence-electron chi connectivity index (χ2n) is 8.59. The lowest BCUT2D eigenvalue weighted by Gasteiger charge is -2.19. The first-order valence-electron chi connectivity index (χ1n) is 10.4. The number of carbonyl (C=O) groups excluding carboxylic acids is 1. The van der Waals surface area contributed by atoms with Crippen LogP contribution in [0.15, 0.2) is 42.0 Å². The fraction of sp³-hybridized carbons (Fsp3) is 0.542. The minimum atomic E-state index is -0.524. The lowest BCUT2D eigenvalue weighted by molar-refractivity contribution is -0.121. The average molecular weight is 402 g/mol. The van der Waals surface area contributed by atoms with E-state index in [4.69, 9.17) is 11.6 Å².